The molecule has 3 N–H and O–H groups in total. The van der Waals surface area contributed by atoms with Crippen molar-refractivity contribution in [2.24, 2.45) is 0 Å². The van der Waals surface area contributed by atoms with Gasteiger partial charge in [-0.1, -0.05) is 25.1 Å². The fraction of sp³-hybridized carbons (Fsp3) is 0.312. The third kappa shape index (κ3) is 4.02. The summed E-state index contributed by atoms with van der Waals surface area (Å²) in [6.45, 7) is 4.99. The second kappa shape index (κ2) is 7.61. The van der Waals surface area contributed by atoms with E-state index in [0.717, 1.165) is 12.1 Å². The molecule has 0 atom stereocenters. The van der Waals surface area contributed by atoms with Crippen LogP contribution in [-0.4, -0.2) is 27.9 Å². The summed E-state index contributed by atoms with van der Waals surface area (Å²) in [5.41, 5.74) is 1.79. The second-order valence-corrected chi connectivity index (χ2v) is 6.95. The number of rotatable bonds is 7. The van der Waals surface area contributed by atoms with Crippen molar-refractivity contribution in [2.45, 2.75) is 25.5 Å². The first-order valence-corrected chi connectivity index (χ1v) is 9.01. The molecule has 1 amide bonds. The number of para-hydroxylation sites is 1. The Balaban J connectivity index is 2.25. The van der Waals surface area contributed by atoms with E-state index in [1.807, 2.05) is 25.1 Å². The molecule has 0 bridgehead atoms. The molecule has 0 radical (unpaired) electrons. The van der Waals surface area contributed by atoms with E-state index in [1.54, 1.807) is 13.0 Å². The zero-order valence-corrected chi connectivity index (χ0v) is 14.7. The Morgan fingerprint density at radius 3 is 2.62 bits per heavy atom. The van der Waals surface area contributed by atoms with E-state index in [1.165, 1.54) is 13.1 Å². The zero-order chi connectivity index (χ0) is 17.7. The highest BCUT2D eigenvalue weighted by atomic mass is 32.2. The van der Waals surface area contributed by atoms with Crippen molar-refractivity contribution in [3.8, 4) is 0 Å². The summed E-state index contributed by atoms with van der Waals surface area (Å²) < 4.78 is 30.9. The van der Waals surface area contributed by atoms with Gasteiger partial charge in [-0.3, -0.25) is 4.79 Å². The number of amides is 1. The molecular weight excluding hydrogens is 330 g/mol. The van der Waals surface area contributed by atoms with Crippen molar-refractivity contribution in [1.82, 2.24) is 10.0 Å². The molecule has 1 aromatic heterocycles. The smallest absolute Gasteiger partial charge is 0.273 e. The summed E-state index contributed by atoms with van der Waals surface area (Å²) in [5, 5.41) is 5.73. The summed E-state index contributed by atoms with van der Waals surface area (Å²) in [7, 11) is -2.45. The lowest BCUT2D eigenvalue weighted by Crippen LogP contribution is -2.18. The number of aryl methyl sites for hydroxylation is 1. The minimum absolute atomic E-state index is 0.182. The summed E-state index contributed by atoms with van der Waals surface area (Å²) in [4.78, 5) is 12.5. The topological polar surface area (TPSA) is 100 Å². The first-order valence-electron chi connectivity index (χ1n) is 7.53. The number of carbonyl (C=O) groups excluding carboxylic acids is 1. The van der Waals surface area contributed by atoms with Gasteiger partial charge in [-0.05, 0) is 32.1 Å². The van der Waals surface area contributed by atoms with Crippen LogP contribution in [0.3, 0.4) is 0 Å². The Bertz CT molecular complexity index is 828. The first-order chi connectivity index (χ1) is 11.4. The molecule has 8 heteroatoms. The zero-order valence-electron chi connectivity index (χ0n) is 13.8. The number of benzene rings is 1. The fourth-order valence-electron chi connectivity index (χ4n) is 2.16. The van der Waals surface area contributed by atoms with Crippen LogP contribution in [0.5, 0.6) is 0 Å². The number of furan rings is 1. The SMILES string of the molecule is CCNCc1ccccc1NC(=O)c1cc(S(=O)(=O)NC)oc1C. The van der Waals surface area contributed by atoms with Gasteiger partial charge in [0.1, 0.15) is 5.76 Å². The van der Waals surface area contributed by atoms with Crippen LogP contribution in [0.4, 0.5) is 5.69 Å². The second-order valence-electron chi connectivity index (χ2n) is 5.13. The van der Waals surface area contributed by atoms with Gasteiger partial charge in [0.25, 0.3) is 15.9 Å². The standard InChI is InChI=1S/C16H21N3O4S/c1-4-18-10-12-7-5-6-8-14(12)19-16(20)13-9-15(23-11(13)2)24(21,22)17-3/h5-9,17-18H,4,10H2,1-3H3,(H,19,20). The van der Waals surface area contributed by atoms with Crippen LogP contribution < -0.4 is 15.4 Å². The summed E-state index contributed by atoms with van der Waals surface area (Å²) >= 11 is 0. The van der Waals surface area contributed by atoms with Gasteiger partial charge in [0.15, 0.2) is 0 Å². The Kier molecular flexibility index (Phi) is 5.76. The van der Waals surface area contributed by atoms with Gasteiger partial charge in [0, 0.05) is 18.3 Å². The lowest BCUT2D eigenvalue weighted by Gasteiger charge is -2.11. The molecule has 130 valence electrons. The van der Waals surface area contributed by atoms with E-state index in [0.29, 0.717) is 12.2 Å². The van der Waals surface area contributed by atoms with Gasteiger partial charge >= 0.3 is 0 Å². The Morgan fingerprint density at radius 2 is 1.96 bits per heavy atom. The van der Waals surface area contributed by atoms with Gasteiger partial charge in [-0.25, -0.2) is 13.1 Å². The molecule has 0 aliphatic heterocycles. The molecule has 0 aliphatic rings. The van der Waals surface area contributed by atoms with Crippen LogP contribution in [0.25, 0.3) is 0 Å². The molecule has 2 rings (SSSR count). The minimum Gasteiger partial charge on any atom is -0.448 e. The number of hydrogen-bond acceptors (Lipinski definition) is 5. The van der Waals surface area contributed by atoms with Crippen molar-refractivity contribution in [1.29, 1.82) is 0 Å². The molecule has 0 spiro atoms. The Morgan fingerprint density at radius 1 is 1.25 bits per heavy atom. The van der Waals surface area contributed by atoms with E-state index in [4.69, 9.17) is 4.42 Å². The highest BCUT2D eigenvalue weighted by molar-refractivity contribution is 7.89. The lowest BCUT2D eigenvalue weighted by atomic mass is 10.1. The van der Waals surface area contributed by atoms with Crippen molar-refractivity contribution in [3.63, 3.8) is 0 Å². The third-order valence-electron chi connectivity index (χ3n) is 3.50. The number of hydrogen-bond donors (Lipinski definition) is 3. The van der Waals surface area contributed by atoms with E-state index in [2.05, 4.69) is 15.4 Å². The van der Waals surface area contributed by atoms with Gasteiger partial charge < -0.3 is 15.1 Å². The van der Waals surface area contributed by atoms with Gasteiger partial charge in [-0.2, -0.15) is 0 Å². The normalized spacial score (nSPS) is 11.5. The minimum atomic E-state index is -3.73. The molecule has 0 aliphatic carbocycles. The molecule has 0 unspecified atom stereocenters. The maximum Gasteiger partial charge on any atom is 0.273 e. The summed E-state index contributed by atoms with van der Waals surface area (Å²) in [6.07, 6.45) is 0. The molecule has 1 heterocycles. The van der Waals surface area contributed by atoms with E-state index in [-0.39, 0.29) is 16.4 Å². The number of carbonyl (C=O) groups is 1. The Labute approximate surface area is 141 Å². The largest absolute Gasteiger partial charge is 0.448 e. The van der Waals surface area contributed by atoms with Gasteiger partial charge in [0.05, 0.1) is 5.56 Å². The van der Waals surface area contributed by atoms with Crippen molar-refractivity contribution < 1.29 is 17.6 Å². The number of sulfonamides is 1. The Hall–Kier alpha value is -2.16. The molecular formula is C16H21N3O4S. The molecule has 0 fully saturated rings. The van der Waals surface area contributed by atoms with Crippen LogP contribution in [-0.2, 0) is 16.6 Å². The van der Waals surface area contributed by atoms with E-state index >= 15 is 0 Å². The molecule has 0 saturated heterocycles. The third-order valence-corrected chi connectivity index (χ3v) is 4.77. The van der Waals surface area contributed by atoms with Gasteiger partial charge in [-0.15, -0.1) is 0 Å². The summed E-state index contributed by atoms with van der Waals surface area (Å²) in [5.74, 6) is -0.178. The van der Waals surface area contributed by atoms with Crippen LogP contribution in [0.2, 0.25) is 0 Å². The van der Waals surface area contributed by atoms with Crippen LogP contribution in [0, 0.1) is 6.92 Å². The van der Waals surface area contributed by atoms with Crippen LogP contribution in [0.1, 0.15) is 28.6 Å². The predicted molar refractivity (Wildman–Crippen MR) is 91.5 cm³/mol. The molecule has 7 nitrogen and oxygen atoms in total. The quantitative estimate of drug-likeness (QED) is 0.707. The predicted octanol–water partition coefficient (Wildman–Crippen LogP) is 1.86. The van der Waals surface area contributed by atoms with E-state index < -0.39 is 15.9 Å². The van der Waals surface area contributed by atoms with E-state index in [9.17, 15) is 13.2 Å². The fourth-order valence-corrected chi connectivity index (χ4v) is 2.87. The highest BCUT2D eigenvalue weighted by Gasteiger charge is 2.22. The average molecular weight is 351 g/mol. The monoisotopic (exact) mass is 351 g/mol. The van der Waals surface area contributed by atoms with Crippen molar-refractivity contribution >= 4 is 21.6 Å². The molecule has 24 heavy (non-hydrogen) atoms. The maximum atomic E-state index is 12.5. The average Bonchev–Trinajstić information content (AvgIpc) is 2.97. The van der Waals surface area contributed by atoms with Crippen molar-refractivity contribution in [3.05, 3.63) is 47.2 Å². The lowest BCUT2D eigenvalue weighted by molar-refractivity contribution is 0.102. The maximum absolute atomic E-state index is 12.5. The highest BCUT2D eigenvalue weighted by Crippen LogP contribution is 2.21. The van der Waals surface area contributed by atoms with Crippen molar-refractivity contribution in [2.75, 3.05) is 18.9 Å². The van der Waals surface area contributed by atoms with Crippen LogP contribution in [0.15, 0.2) is 39.8 Å². The molecule has 2 aromatic rings. The number of anilines is 1. The molecule has 0 saturated carbocycles. The van der Waals surface area contributed by atoms with Gasteiger partial charge in [0.2, 0.25) is 5.09 Å². The summed E-state index contributed by atoms with van der Waals surface area (Å²) in [6, 6.07) is 8.65. The van der Waals surface area contributed by atoms with Crippen LogP contribution >= 0.6 is 0 Å². The molecule has 1 aromatic carbocycles. The first kappa shape index (κ1) is 18.2. The number of nitrogens with one attached hydrogen (secondary N) is 3.